The number of hydrogen-bond acceptors (Lipinski definition) is 4. The zero-order chi connectivity index (χ0) is 12.1. The summed E-state index contributed by atoms with van der Waals surface area (Å²) >= 11 is 0. The molecule has 0 aromatic heterocycles. The lowest BCUT2D eigenvalue weighted by molar-refractivity contribution is -0.135. The Morgan fingerprint density at radius 3 is 2.20 bits per heavy atom. The Labute approximate surface area is 87.4 Å². The molecule has 0 atom stereocenters. The summed E-state index contributed by atoms with van der Waals surface area (Å²) in [5.41, 5.74) is -1.10. The Hall–Kier alpha value is -1.62. The van der Waals surface area contributed by atoms with E-state index >= 15 is 0 Å². The van der Waals surface area contributed by atoms with Gasteiger partial charge in [-0.15, -0.1) is 0 Å². The summed E-state index contributed by atoms with van der Waals surface area (Å²) in [6, 6.07) is 0. The van der Waals surface area contributed by atoms with Gasteiger partial charge >= 0.3 is 5.97 Å². The highest BCUT2D eigenvalue weighted by molar-refractivity contribution is 5.91. The van der Waals surface area contributed by atoms with Gasteiger partial charge in [-0.1, -0.05) is 6.08 Å². The average Bonchev–Trinajstić information content (AvgIpc) is 2.00. The van der Waals surface area contributed by atoms with Crippen molar-refractivity contribution in [1.82, 2.24) is 0 Å². The summed E-state index contributed by atoms with van der Waals surface area (Å²) in [7, 11) is 0. The van der Waals surface area contributed by atoms with E-state index in [0.29, 0.717) is 0 Å². The first kappa shape index (κ1) is 13.4. The molecule has 0 saturated carbocycles. The Bertz CT molecular complexity index is 306. The van der Waals surface area contributed by atoms with Crippen molar-refractivity contribution >= 4 is 11.8 Å². The van der Waals surface area contributed by atoms with Gasteiger partial charge in [-0.05, 0) is 26.0 Å². The summed E-state index contributed by atoms with van der Waals surface area (Å²) in [6.07, 6.45) is 3.05. The number of aliphatic hydroxyl groups is 2. The molecule has 0 amide bonds. The minimum atomic E-state index is -1.46. The lowest BCUT2D eigenvalue weighted by atomic mass is 10.0. The second-order valence-corrected chi connectivity index (χ2v) is 3.67. The molecule has 0 aliphatic carbocycles. The van der Waals surface area contributed by atoms with Gasteiger partial charge in [0.1, 0.15) is 0 Å². The van der Waals surface area contributed by atoms with E-state index in [-0.39, 0.29) is 12.2 Å². The van der Waals surface area contributed by atoms with Crippen molar-refractivity contribution in [2.45, 2.75) is 25.9 Å². The fraction of sp³-hybridized carbons (Fsp3) is 0.400. The summed E-state index contributed by atoms with van der Waals surface area (Å²) in [4.78, 5) is 21.2. The molecule has 0 aliphatic rings. The molecule has 0 heterocycles. The first-order valence-corrected chi connectivity index (χ1v) is 4.28. The number of ketones is 1. The predicted octanol–water partition coefficient (Wildman–Crippen LogP) is 0.799. The maximum atomic E-state index is 11.1. The maximum Gasteiger partial charge on any atom is 0.370 e. The third-order valence-corrected chi connectivity index (χ3v) is 1.36. The lowest BCUT2D eigenvalue weighted by Crippen LogP contribution is -2.22. The van der Waals surface area contributed by atoms with Crippen LogP contribution in [0.5, 0.6) is 0 Å². The minimum Gasteiger partial charge on any atom is -0.502 e. The van der Waals surface area contributed by atoms with Crippen LogP contribution < -0.4 is 0 Å². The monoisotopic (exact) mass is 214 g/mol. The molecule has 5 heteroatoms. The molecule has 0 aliphatic heterocycles. The van der Waals surface area contributed by atoms with E-state index in [0.717, 1.165) is 18.2 Å². The topological polar surface area (TPSA) is 94.8 Å². The number of aliphatic hydroxyl groups excluding tert-OH is 1. The van der Waals surface area contributed by atoms with Crippen LogP contribution in [-0.2, 0) is 9.59 Å². The van der Waals surface area contributed by atoms with Crippen LogP contribution in [0.2, 0.25) is 0 Å². The van der Waals surface area contributed by atoms with Gasteiger partial charge < -0.3 is 15.3 Å². The average molecular weight is 214 g/mol. The van der Waals surface area contributed by atoms with Crippen LogP contribution in [0.1, 0.15) is 20.3 Å². The van der Waals surface area contributed by atoms with Crippen LogP contribution in [0.15, 0.2) is 24.0 Å². The van der Waals surface area contributed by atoms with Gasteiger partial charge in [-0.2, -0.15) is 0 Å². The molecule has 0 spiro atoms. The van der Waals surface area contributed by atoms with Crippen molar-refractivity contribution in [1.29, 1.82) is 0 Å². The molecule has 0 bridgehead atoms. The van der Waals surface area contributed by atoms with Crippen LogP contribution in [0.3, 0.4) is 0 Å². The van der Waals surface area contributed by atoms with Gasteiger partial charge in [0.15, 0.2) is 5.78 Å². The lowest BCUT2D eigenvalue weighted by Gasteiger charge is -2.13. The predicted molar refractivity (Wildman–Crippen MR) is 53.4 cm³/mol. The second kappa shape index (κ2) is 5.31. The van der Waals surface area contributed by atoms with E-state index < -0.39 is 17.3 Å². The highest BCUT2D eigenvalue weighted by Crippen LogP contribution is 2.07. The van der Waals surface area contributed by atoms with Crippen LogP contribution in [0.4, 0.5) is 0 Å². The van der Waals surface area contributed by atoms with E-state index in [1.54, 1.807) is 0 Å². The van der Waals surface area contributed by atoms with Crippen molar-refractivity contribution < 1.29 is 24.9 Å². The Balaban J connectivity index is 4.26. The number of aliphatic carboxylic acids is 1. The van der Waals surface area contributed by atoms with E-state index in [9.17, 15) is 14.7 Å². The van der Waals surface area contributed by atoms with E-state index in [1.807, 2.05) is 0 Å². The summed E-state index contributed by atoms with van der Waals surface area (Å²) in [6.45, 7) is 2.98. The van der Waals surface area contributed by atoms with Gasteiger partial charge in [-0.3, -0.25) is 4.79 Å². The van der Waals surface area contributed by atoms with Gasteiger partial charge in [0.05, 0.1) is 5.60 Å². The van der Waals surface area contributed by atoms with Crippen molar-refractivity contribution in [3.63, 3.8) is 0 Å². The molecule has 15 heavy (non-hydrogen) atoms. The molecular formula is C10H14O5. The second-order valence-electron chi connectivity index (χ2n) is 3.67. The zero-order valence-corrected chi connectivity index (χ0v) is 8.60. The first-order chi connectivity index (χ1) is 6.72. The normalized spacial score (nSPS) is 13.1. The minimum absolute atomic E-state index is 0.0643. The number of hydrogen-bond donors (Lipinski definition) is 3. The van der Waals surface area contributed by atoms with Crippen molar-refractivity contribution in [3.8, 4) is 0 Å². The highest BCUT2D eigenvalue weighted by atomic mass is 16.4. The molecular weight excluding hydrogens is 200 g/mol. The Morgan fingerprint density at radius 2 is 1.80 bits per heavy atom. The Morgan fingerprint density at radius 1 is 1.27 bits per heavy atom. The molecule has 0 aromatic carbocycles. The van der Waals surface area contributed by atoms with E-state index in [1.165, 1.54) is 13.8 Å². The number of carbonyl (C=O) groups excluding carboxylic acids is 1. The van der Waals surface area contributed by atoms with Gasteiger partial charge in [-0.25, -0.2) is 4.79 Å². The van der Waals surface area contributed by atoms with Crippen molar-refractivity contribution in [2.24, 2.45) is 0 Å². The molecule has 0 saturated heterocycles. The fourth-order valence-electron chi connectivity index (χ4n) is 0.803. The third kappa shape index (κ3) is 7.45. The number of carboxylic acid groups (broad SMARTS) is 1. The van der Waals surface area contributed by atoms with Gasteiger partial charge in [0, 0.05) is 6.42 Å². The van der Waals surface area contributed by atoms with Crippen LogP contribution in [0, 0.1) is 0 Å². The number of carbonyl (C=O) groups is 2. The quantitative estimate of drug-likeness (QED) is 0.357. The SMILES string of the molecule is CC(C)(O)CC(=O)/C=C\C=C(\O)C(=O)O. The molecule has 0 aromatic rings. The number of allylic oxidation sites excluding steroid dienone is 3. The fourth-order valence-corrected chi connectivity index (χ4v) is 0.803. The van der Waals surface area contributed by atoms with Crippen molar-refractivity contribution in [2.75, 3.05) is 0 Å². The van der Waals surface area contributed by atoms with Gasteiger partial charge in [0.25, 0.3) is 0 Å². The number of carboxylic acids is 1. The number of rotatable bonds is 5. The largest absolute Gasteiger partial charge is 0.502 e. The summed E-state index contributed by atoms with van der Waals surface area (Å²) in [5, 5.41) is 26.2. The van der Waals surface area contributed by atoms with E-state index in [4.69, 9.17) is 10.2 Å². The molecule has 0 fully saturated rings. The molecule has 3 N–H and O–H groups in total. The molecule has 5 nitrogen and oxygen atoms in total. The van der Waals surface area contributed by atoms with Gasteiger partial charge in [0.2, 0.25) is 5.76 Å². The molecule has 84 valence electrons. The molecule has 0 rings (SSSR count). The van der Waals surface area contributed by atoms with E-state index in [2.05, 4.69) is 0 Å². The summed E-state index contributed by atoms with van der Waals surface area (Å²) in [5.74, 6) is -2.66. The van der Waals surface area contributed by atoms with Crippen LogP contribution >= 0.6 is 0 Å². The smallest absolute Gasteiger partial charge is 0.370 e. The van der Waals surface area contributed by atoms with Crippen LogP contribution in [0.25, 0.3) is 0 Å². The van der Waals surface area contributed by atoms with Crippen LogP contribution in [-0.4, -0.2) is 32.7 Å². The molecule has 0 unspecified atom stereocenters. The standard InChI is InChI=1S/C10H14O5/c1-10(2,15)6-7(11)4-3-5-8(12)9(13)14/h3-5,12,15H,6H2,1-2H3,(H,13,14)/b4-3-,8-5+. The Kier molecular flexibility index (Phi) is 4.73. The van der Waals surface area contributed by atoms with Crippen molar-refractivity contribution in [3.05, 3.63) is 24.0 Å². The highest BCUT2D eigenvalue weighted by Gasteiger charge is 2.15. The zero-order valence-electron chi connectivity index (χ0n) is 8.60. The first-order valence-electron chi connectivity index (χ1n) is 4.28. The summed E-state index contributed by atoms with van der Waals surface area (Å²) < 4.78 is 0. The third-order valence-electron chi connectivity index (χ3n) is 1.36. The molecule has 0 radical (unpaired) electrons. The maximum absolute atomic E-state index is 11.1.